The van der Waals surface area contributed by atoms with E-state index in [0.29, 0.717) is 92.9 Å². The molecular formula is C58H87N3O8S. The van der Waals surface area contributed by atoms with Gasteiger partial charge in [0.1, 0.15) is 33.5 Å². The molecule has 2 N–H and O–H groups in total. The summed E-state index contributed by atoms with van der Waals surface area (Å²) in [7, 11) is -3.09. The van der Waals surface area contributed by atoms with Crippen LogP contribution in [0.4, 0.5) is 0 Å². The molecule has 5 saturated carbocycles. The van der Waals surface area contributed by atoms with E-state index in [9.17, 15) is 28.4 Å². The topological polar surface area (TPSA) is 165 Å². The van der Waals surface area contributed by atoms with E-state index in [0.717, 1.165) is 38.6 Å². The minimum Gasteiger partial charge on any atom is -0.475 e. The number of nitriles is 1. The summed E-state index contributed by atoms with van der Waals surface area (Å²) >= 11 is 0. The van der Waals surface area contributed by atoms with Gasteiger partial charge in [0, 0.05) is 24.4 Å². The van der Waals surface area contributed by atoms with E-state index in [1.54, 1.807) is 18.3 Å². The van der Waals surface area contributed by atoms with E-state index in [2.05, 4.69) is 76.6 Å². The molecule has 0 bridgehead atoms. The zero-order chi connectivity index (χ0) is 50.8. The number of fused-ring (bicyclic) bond motifs is 5. The molecule has 7 rings (SSSR count). The number of rotatable bonds is 19. The largest absolute Gasteiger partial charge is 0.475 e. The maximum Gasteiger partial charge on any atom is 0.318 e. The first-order valence-corrected chi connectivity index (χ1v) is 29.1. The molecule has 0 saturated heterocycles. The van der Waals surface area contributed by atoms with Crippen LogP contribution in [-0.2, 0) is 28.9 Å². The third kappa shape index (κ3) is 10.7. The predicted molar refractivity (Wildman–Crippen MR) is 275 cm³/mol. The average molecular weight is 986 g/mol. The summed E-state index contributed by atoms with van der Waals surface area (Å²) in [6, 6.07) is 5.47. The Morgan fingerprint density at radius 3 is 2.41 bits per heavy atom. The minimum absolute atomic E-state index is 0.0197. The number of hydrogen-bond acceptors (Lipinski definition) is 11. The summed E-state index contributed by atoms with van der Waals surface area (Å²) in [5.41, 5.74) is 2.77. The lowest BCUT2D eigenvalue weighted by Gasteiger charge is -2.68. The van der Waals surface area contributed by atoms with Gasteiger partial charge in [-0.3, -0.25) is 9.59 Å². The van der Waals surface area contributed by atoms with E-state index < -0.39 is 39.6 Å². The lowest BCUT2D eigenvalue weighted by molar-refractivity contribution is -0.177. The summed E-state index contributed by atoms with van der Waals surface area (Å²) in [5.74, 6) is 1.99. The van der Waals surface area contributed by atoms with Crippen molar-refractivity contribution in [2.75, 3.05) is 26.2 Å². The van der Waals surface area contributed by atoms with Gasteiger partial charge in [0.2, 0.25) is 12.7 Å². The molecule has 1 aromatic rings. The molecule has 5 fully saturated rings. The maximum absolute atomic E-state index is 14.0. The van der Waals surface area contributed by atoms with Crippen molar-refractivity contribution in [2.24, 2.45) is 51.2 Å². The molecule has 11 nitrogen and oxygen atoms in total. The molecule has 0 unspecified atom stereocenters. The number of aromatic nitrogens is 1. The first-order valence-electron chi connectivity index (χ1n) is 27.1. The van der Waals surface area contributed by atoms with Crippen molar-refractivity contribution in [1.29, 1.82) is 5.26 Å². The fraction of sp³-hybridized carbons (Fsp3) is 0.759. The highest BCUT2D eigenvalue weighted by atomic mass is 32.2. The Hall–Kier alpha value is -3.53. The molecule has 0 radical (unpaired) electrons. The molecule has 70 heavy (non-hydrogen) atoms. The second-order valence-electron chi connectivity index (χ2n) is 24.2. The number of carbonyl (C=O) groups excluding carboxylic acids is 2. The highest BCUT2D eigenvalue weighted by molar-refractivity contribution is 7.91. The number of ether oxygens (including phenoxy) is 3. The van der Waals surface area contributed by atoms with E-state index in [-0.39, 0.29) is 45.9 Å². The van der Waals surface area contributed by atoms with Gasteiger partial charge < -0.3 is 24.6 Å². The number of sulfone groups is 1. The maximum atomic E-state index is 14.0. The Bertz CT molecular complexity index is 2290. The number of pyridine rings is 1. The number of unbranched alkanes of at least 4 members (excludes halogenated alkanes) is 1. The Morgan fingerprint density at radius 2 is 1.76 bits per heavy atom. The smallest absolute Gasteiger partial charge is 0.318 e. The van der Waals surface area contributed by atoms with E-state index in [1.807, 2.05) is 6.92 Å². The van der Waals surface area contributed by atoms with Gasteiger partial charge in [-0.25, -0.2) is 13.4 Å². The van der Waals surface area contributed by atoms with Crippen molar-refractivity contribution < 1.29 is 37.3 Å². The van der Waals surface area contributed by atoms with Crippen LogP contribution in [0.2, 0.25) is 0 Å². The monoisotopic (exact) mass is 986 g/mol. The molecule has 0 amide bonds. The summed E-state index contributed by atoms with van der Waals surface area (Å²) in [4.78, 5) is 30.5. The lowest BCUT2D eigenvalue weighted by Crippen LogP contribution is -2.65. The molecule has 9 atom stereocenters. The van der Waals surface area contributed by atoms with Crippen molar-refractivity contribution in [2.45, 2.75) is 200 Å². The van der Waals surface area contributed by atoms with Crippen LogP contribution in [-0.4, -0.2) is 73.0 Å². The van der Waals surface area contributed by atoms with E-state index in [1.165, 1.54) is 61.5 Å². The molecule has 6 aliphatic carbocycles. The van der Waals surface area contributed by atoms with E-state index >= 15 is 0 Å². The van der Waals surface area contributed by atoms with Crippen molar-refractivity contribution in [1.82, 2.24) is 10.3 Å². The summed E-state index contributed by atoms with van der Waals surface area (Å²) < 4.78 is 41.6. The zero-order valence-corrected chi connectivity index (χ0v) is 45.0. The molecule has 1 heterocycles. The summed E-state index contributed by atoms with van der Waals surface area (Å²) in [6.07, 6.45) is 25.6. The molecule has 0 spiro atoms. The van der Waals surface area contributed by atoms with Gasteiger partial charge in [-0.05, 0) is 205 Å². The van der Waals surface area contributed by atoms with Gasteiger partial charge in [-0.2, -0.15) is 5.26 Å². The highest BCUT2D eigenvalue weighted by Gasteiger charge is 2.67. The Kier molecular flexibility index (Phi) is 16.7. The fourth-order valence-electron chi connectivity index (χ4n) is 15.4. The SMILES string of the molecule is C=C(C)[C@@H]1CC[C@]2(NCC[C@]3(O)CC[C@@H](S(C)(=O)=O)CC3)CC[C@]3(C)[C@H](CC[C@@H]4C[C@H](C(C)(C)/C(=C\CCC)C5=CC[C@@](COc6ncccc6C#N)(C(=O)OCOC(=O)CCC)CC5)CC[C@]43C)[C@@H]12. The number of aliphatic hydroxyl groups is 1. The Morgan fingerprint density at radius 1 is 1.00 bits per heavy atom. The quantitative estimate of drug-likeness (QED) is 0.0770. The fourth-order valence-corrected chi connectivity index (χ4v) is 16.5. The van der Waals surface area contributed by atoms with Gasteiger partial charge in [0.25, 0.3) is 0 Å². The minimum atomic E-state index is -3.09. The second kappa shape index (κ2) is 21.5. The summed E-state index contributed by atoms with van der Waals surface area (Å²) in [6.45, 7) is 21.5. The normalized spacial score (nSPS) is 35.5. The third-order valence-corrected chi connectivity index (χ3v) is 21.8. The van der Waals surface area contributed by atoms with Crippen LogP contribution in [0.15, 0.2) is 53.8 Å². The van der Waals surface area contributed by atoms with Crippen molar-refractivity contribution >= 4 is 21.8 Å². The molecule has 0 aromatic carbocycles. The zero-order valence-electron chi connectivity index (χ0n) is 44.1. The van der Waals surface area contributed by atoms with Crippen LogP contribution < -0.4 is 10.1 Å². The first kappa shape index (κ1) is 54.2. The first-order chi connectivity index (χ1) is 33.1. The van der Waals surface area contributed by atoms with Crippen molar-refractivity contribution in [3.63, 3.8) is 0 Å². The molecule has 12 heteroatoms. The highest BCUT2D eigenvalue weighted by Crippen LogP contribution is 2.72. The molecule has 388 valence electrons. The number of allylic oxidation sites excluding steroid dienone is 5. The molecule has 6 aliphatic rings. The van der Waals surface area contributed by atoms with Crippen LogP contribution in [0, 0.1) is 62.6 Å². The predicted octanol–water partition coefficient (Wildman–Crippen LogP) is 11.7. The number of nitrogens with zero attached hydrogens (tertiary/aromatic N) is 2. The molecular weight excluding hydrogens is 899 g/mol. The number of nitrogens with one attached hydrogen (secondary N) is 1. The number of esters is 2. The van der Waals surface area contributed by atoms with Crippen LogP contribution in [0.25, 0.3) is 0 Å². The van der Waals surface area contributed by atoms with Crippen molar-refractivity contribution in [3.05, 3.63) is 59.3 Å². The van der Waals surface area contributed by atoms with Crippen LogP contribution in [0.1, 0.15) is 189 Å². The van der Waals surface area contributed by atoms with Gasteiger partial charge in [-0.1, -0.05) is 72.3 Å². The number of hydrogen-bond donors (Lipinski definition) is 2. The molecule has 0 aliphatic heterocycles. The third-order valence-electron chi connectivity index (χ3n) is 20.1. The standard InChI is InChI=1S/C58H87N3O8S/c1-10-12-16-47(41-19-26-56(27-20-41,52(63)69-39-68-49(62)14-11-2)38-67-51-42(37-59)15-13-34-60-51)53(5,6)43-21-25-54(7)44(36-43)17-18-48-50-46(40(3)4)24-30-58(50,32-31-55(48,54)8)61-35-33-57(64)28-22-45(23-29-57)70(9,65)66/h13,15-16,19,34,43-46,48,50,61,64H,3,10-12,14,17-18,20-33,35-36,38-39H2,1-2,4-9H3/b47-16-/t43-,44-,45-,46+,48-,50-,54-,55-,56-,57+,58+/m1/s1. The van der Waals surface area contributed by atoms with E-state index in [4.69, 9.17) is 14.2 Å². The summed E-state index contributed by atoms with van der Waals surface area (Å²) in [5, 5.41) is 25.2. The van der Waals surface area contributed by atoms with Crippen LogP contribution >= 0.6 is 0 Å². The van der Waals surface area contributed by atoms with Crippen LogP contribution in [0.5, 0.6) is 5.88 Å². The van der Waals surface area contributed by atoms with Gasteiger partial charge >= 0.3 is 11.9 Å². The second-order valence-corrected chi connectivity index (χ2v) is 26.5. The Balaban J connectivity index is 1.07. The number of carbonyl (C=O) groups is 2. The molecule has 1 aromatic heterocycles. The van der Waals surface area contributed by atoms with Crippen LogP contribution in [0.3, 0.4) is 0 Å². The van der Waals surface area contributed by atoms with Gasteiger partial charge in [0.15, 0.2) is 0 Å². The van der Waals surface area contributed by atoms with Crippen molar-refractivity contribution in [3.8, 4) is 11.9 Å². The lowest BCUT2D eigenvalue weighted by atomic mass is 9.38. The van der Waals surface area contributed by atoms with Gasteiger partial charge in [0.05, 0.1) is 10.9 Å². The van der Waals surface area contributed by atoms with Gasteiger partial charge in [-0.15, -0.1) is 0 Å². The average Bonchev–Trinajstić information content (AvgIpc) is 3.71. The Labute approximate surface area is 421 Å².